The van der Waals surface area contributed by atoms with Gasteiger partial charge in [-0.1, -0.05) is 206 Å². The third-order valence-electron chi connectivity index (χ3n) is 14.4. The van der Waals surface area contributed by atoms with Crippen LogP contribution in [0.4, 0.5) is 17.1 Å². The van der Waals surface area contributed by atoms with Crippen molar-refractivity contribution < 1.29 is 4.42 Å². The molecule has 0 saturated heterocycles. The lowest BCUT2D eigenvalue weighted by Gasteiger charge is -2.35. The molecule has 65 heavy (non-hydrogen) atoms. The fourth-order valence-corrected chi connectivity index (χ4v) is 11.6. The molecule has 0 spiro atoms. The zero-order chi connectivity index (χ0) is 43.1. The molecule has 11 aromatic rings. The fourth-order valence-electron chi connectivity index (χ4n) is 11.6. The Labute approximate surface area is 379 Å². The van der Waals surface area contributed by atoms with E-state index in [0.717, 1.165) is 50.1 Å². The van der Waals surface area contributed by atoms with E-state index in [1.807, 2.05) is 0 Å². The average Bonchev–Trinajstić information content (AvgIpc) is 4.00. The number of para-hydroxylation sites is 1. The molecule has 306 valence electrons. The van der Waals surface area contributed by atoms with Crippen molar-refractivity contribution >= 4 is 39.0 Å². The molecule has 2 aliphatic carbocycles. The van der Waals surface area contributed by atoms with Crippen molar-refractivity contribution in [2.24, 2.45) is 0 Å². The first kappa shape index (κ1) is 37.4. The summed E-state index contributed by atoms with van der Waals surface area (Å²) in [5.41, 5.74) is 20.2. The van der Waals surface area contributed by atoms with Crippen LogP contribution in [0.1, 0.15) is 45.9 Å². The minimum absolute atomic E-state index is 0.419. The molecule has 13 rings (SSSR count). The molecular weight excluding hydrogens is 787 g/mol. The zero-order valence-corrected chi connectivity index (χ0v) is 35.9. The van der Waals surface area contributed by atoms with Gasteiger partial charge in [-0.3, -0.25) is 0 Å². The molecule has 0 amide bonds. The van der Waals surface area contributed by atoms with Gasteiger partial charge in [0.1, 0.15) is 11.2 Å². The van der Waals surface area contributed by atoms with Gasteiger partial charge in [0.25, 0.3) is 0 Å². The minimum atomic E-state index is -0.547. The summed E-state index contributed by atoms with van der Waals surface area (Å²) >= 11 is 0. The van der Waals surface area contributed by atoms with Gasteiger partial charge in [-0.05, 0) is 110 Å². The molecule has 10 aromatic carbocycles. The summed E-state index contributed by atoms with van der Waals surface area (Å²) in [6.45, 7) is 2.37. The van der Waals surface area contributed by atoms with Gasteiger partial charge >= 0.3 is 0 Å². The van der Waals surface area contributed by atoms with Crippen LogP contribution < -0.4 is 4.90 Å². The molecule has 0 bridgehead atoms. The Kier molecular flexibility index (Phi) is 8.29. The van der Waals surface area contributed by atoms with Crippen LogP contribution in [-0.2, 0) is 10.8 Å². The number of nitrogens with zero attached hydrogens (tertiary/aromatic N) is 1. The van der Waals surface area contributed by atoms with Crippen molar-refractivity contribution in [3.63, 3.8) is 0 Å². The van der Waals surface area contributed by atoms with Gasteiger partial charge in [0, 0.05) is 27.7 Å². The average molecular weight is 830 g/mol. The molecule has 1 aromatic heterocycles. The van der Waals surface area contributed by atoms with E-state index in [1.165, 1.54) is 61.2 Å². The molecule has 2 heteroatoms. The van der Waals surface area contributed by atoms with Crippen molar-refractivity contribution in [1.29, 1.82) is 0 Å². The number of anilines is 3. The summed E-state index contributed by atoms with van der Waals surface area (Å²) in [5, 5.41) is 2.18. The second kappa shape index (κ2) is 14.4. The molecule has 0 atom stereocenters. The quantitative estimate of drug-likeness (QED) is 0.159. The van der Waals surface area contributed by atoms with E-state index in [1.54, 1.807) is 0 Å². The van der Waals surface area contributed by atoms with E-state index in [9.17, 15) is 0 Å². The summed E-state index contributed by atoms with van der Waals surface area (Å²) < 4.78 is 7.19. The molecule has 0 aliphatic heterocycles. The summed E-state index contributed by atoms with van der Waals surface area (Å²) in [7, 11) is 0. The van der Waals surface area contributed by atoms with E-state index in [0.29, 0.717) is 0 Å². The second-order valence-corrected chi connectivity index (χ2v) is 17.7. The van der Waals surface area contributed by atoms with Crippen LogP contribution in [0.15, 0.2) is 247 Å². The predicted octanol–water partition coefficient (Wildman–Crippen LogP) is 16.4. The molecule has 2 nitrogen and oxygen atoms in total. The van der Waals surface area contributed by atoms with Crippen molar-refractivity contribution in [2.45, 2.75) is 17.8 Å². The fraction of sp³-hybridized carbons (Fsp3) is 0.0476. The smallest absolute Gasteiger partial charge is 0.139 e. The standard InChI is InChI=1S/C63H43NO/c1-62(53-32-14-11-28-48(53)49-29-12-15-33-54(49)62)56-35-18-31-52-60-58(36-19-37-59(60)65-61(52)56)64(46-27-17-22-43(40-46)42-20-5-2-6-21-42)47-38-39-51-50-30-13-16-34-55(50)63(57(51)41-47,44-23-7-3-8-24-44)45-25-9-4-10-26-45/h2-41H,1H3. The maximum Gasteiger partial charge on any atom is 0.139 e. The van der Waals surface area contributed by atoms with Gasteiger partial charge in [-0.25, -0.2) is 0 Å². The Balaban J connectivity index is 1.09. The van der Waals surface area contributed by atoms with E-state index in [-0.39, 0.29) is 0 Å². The number of hydrogen-bond acceptors (Lipinski definition) is 2. The minimum Gasteiger partial charge on any atom is -0.456 e. The lowest BCUT2D eigenvalue weighted by atomic mass is 9.67. The summed E-state index contributed by atoms with van der Waals surface area (Å²) in [6.07, 6.45) is 0. The van der Waals surface area contributed by atoms with E-state index in [4.69, 9.17) is 4.42 Å². The third kappa shape index (κ3) is 5.35. The van der Waals surface area contributed by atoms with Crippen molar-refractivity contribution in [1.82, 2.24) is 0 Å². The number of rotatable bonds is 7. The molecule has 0 radical (unpaired) electrons. The lowest BCUT2D eigenvalue weighted by molar-refractivity contribution is 0.638. The lowest BCUT2D eigenvalue weighted by Crippen LogP contribution is -2.28. The Morgan fingerprint density at radius 2 is 0.877 bits per heavy atom. The molecule has 0 unspecified atom stereocenters. The monoisotopic (exact) mass is 829 g/mol. The Morgan fingerprint density at radius 1 is 0.369 bits per heavy atom. The summed E-state index contributed by atoms with van der Waals surface area (Å²) in [5.74, 6) is 0. The molecule has 0 fully saturated rings. The van der Waals surface area contributed by atoms with Crippen LogP contribution in [0.3, 0.4) is 0 Å². The van der Waals surface area contributed by atoms with E-state index in [2.05, 4.69) is 254 Å². The normalized spacial score (nSPS) is 13.9. The maximum absolute atomic E-state index is 7.19. The molecular formula is C63H43NO. The second-order valence-electron chi connectivity index (χ2n) is 17.7. The highest BCUT2D eigenvalue weighted by Crippen LogP contribution is 2.58. The highest BCUT2D eigenvalue weighted by molar-refractivity contribution is 6.14. The van der Waals surface area contributed by atoms with Crippen LogP contribution in [-0.4, -0.2) is 0 Å². The third-order valence-corrected chi connectivity index (χ3v) is 14.4. The SMILES string of the molecule is CC1(c2cccc3c2oc2cccc(N(c4cccc(-c5ccccc5)c4)c4ccc5c(c4)C(c4ccccc4)(c4ccccc4)c4ccccc4-5)c23)c2ccccc2-c2ccccc21. The Bertz CT molecular complexity index is 3540. The first-order chi connectivity index (χ1) is 32.1. The van der Waals surface area contributed by atoms with Gasteiger partial charge < -0.3 is 9.32 Å². The Hall–Kier alpha value is -8.20. The first-order valence-corrected chi connectivity index (χ1v) is 22.6. The van der Waals surface area contributed by atoms with Crippen LogP contribution in [0.5, 0.6) is 0 Å². The van der Waals surface area contributed by atoms with Crippen molar-refractivity contribution in [3.05, 3.63) is 282 Å². The number of hydrogen-bond donors (Lipinski definition) is 0. The van der Waals surface area contributed by atoms with E-state index < -0.39 is 10.8 Å². The van der Waals surface area contributed by atoms with Crippen LogP contribution in [0.25, 0.3) is 55.3 Å². The van der Waals surface area contributed by atoms with Crippen molar-refractivity contribution in [3.8, 4) is 33.4 Å². The number of furan rings is 1. The topological polar surface area (TPSA) is 16.4 Å². The van der Waals surface area contributed by atoms with Crippen molar-refractivity contribution in [2.75, 3.05) is 4.90 Å². The molecule has 1 heterocycles. The molecule has 0 N–H and O–H groups in total. The van der Waals surface area contributed by atoms with Gasteiger partial charge in [-0.15, -0.1) is 0 Å². The van der Waals surface area contributed by atoms with Gasteiger partial charge in [0.05, 0.1) is 16.5 Å². The predicted molar refractivity (Wildman–Crippen MR) is 269 cm³/mol. The molecule has 0 saturated carbocycles. The summed E-state index contributed by atoms with van der Waals surface area (Å²) in [4.78, 5) is 2.46. The number of benzene rings is 10. The van der Waals surface area contributed by atoms with E-state index >= 15 is 0 Å². The Morgan fingerprint density at radius 3 is 1.55 bits per heavy atom. The van der Waals surface area contributed by atoms with Gasteiger partial charge in [0.15, 0.2) is 0 Å². The molecule has 2 aliphatic rings. The largest absolute Gasteiger partial charge is 0.456 e. The maximum atomic E-state index is 7.19. The first-order valence-electron chi connectivity index (χ1n) is 22.6. The van der Waals surface area contributed by atoms with Crippen LogP contribution in [0, 0.1) is 0 Å². The highest BCUT2D eigenvalue weighted by Gasteiger charge is 2.47. The summed E-state index contributed by atoms with van der Waals surface area (Å²) in [6, 6.07) is 88.9. The highest BCUT2D eigenvalue weighted by atomic mass is 16.3. The zero-order valence-electron chi connectivity index (χ0n) is 35.9. The van der Waals surface area contributed by atoms with Crippen LogP contribution >= 0.6 is 0 Å². The van der Waals surface area contributed by atoms with Gasteiger partial charge in [-0.2, -0.15) is 0 Å². The number of fused-ring (bicyclic) bond motifs is 9. The van der Waals surface area contributed by atoms with Crippen LogP contribution in [0.2, 0.25) is 0 Å². The van der Waals surface area contributed by atoms with Gasteiger partial charge in [0.2, 0.25) is 0 Å².